The molecule has 0 radical (unpaired) electrons. The van der Waals surface area contributed by atoms with Crippen LogP contribution in [0.4, 0.5) is 5.69 Å². The number of non-ortho nitro benzene ring substituents is 1. The van der Waals surface area contributed by atoms with Crippen molar-refractivity contribution in [1.29, 1.82) is 0 Å². The van der Waals surface area contributed by atoms with E-state index in [0.717, 1.165) is 5.56 Å². The number of benzene rings is 1. The van der Waals surface area contributed by atoms with E-state index in [4.69, 9.17) is 0 Å². The van der Waals surface area contributed by atoms with Crippen LogP contribution >= 0.6 is 0 Å². The average Bonchev–Trinajstić information content (AvgIpc) is 2.15. The van der Waals surface area contributed by atoms with E-state index in [1.165, 1.54) is 12.1 Å². The lowest BCUT2D eigenvalue weighted by atomic mass is 9.91. The number of nitrogens with zero attached hydrogens (tertiary/aromatic N) is 2. The molecule has 0 N–H and O–H groups in total. The number of nitro groups is 1. The molecule has 0 atom stereocenters. The Morgan fingerprint density at radius 3 is 2.38 bits per heavy atom. The quantitative estimate of drug-likeness (QED) is 0.561. The van der Waals surface area contributed by atoms with Gasteiger partial charge in [0.15, 0.2) is 0 Å². The first-order valence-corrected chi connectivity index (χ1v) is 5.08. The number of carbonyl (C=O) groups is 1. The van der Waals surface area contributed by atoms with Crippen LogP contribution in [0.15, 0.2) is 24.3 Å². The topological polar surface area (TPSA) is 63.5 Å². The molecule has 0 aliphatic carbocycles. The molecule has 1 amide bonds. The largest absolute Gasteiger partial charge is 0.342 e. The molecule has 16 heavy (non-hydrogen) atoms. The van der Waals surface area contributed by atoms with Crippen molar-refractivity contribution in [3.05, 3.63) is 39.9 Å². The van der Waals surface area contributed by atoms with Gasteiger partial charge >= 0.3 is 0 Å². The number of nitro benzene ring substituents is 1. The molecule has 1 saturated heterocycles. The molecule has 1 aromatic carbocycles. The molecule has 0 unspecified atom stereocenters. The fraction of sp³-hybridized carbons (Fsp3) is 0.364. The highest BCUT2D eigenvalue weighted by atomic mass is 16.6. The predicted molar refractivity (Wildman–Crippen MR) is 58.1 cm³/mol. The minimum Gasteiger partial charge on any atom is -0.342 e. The molecular formula is C11H12N2O3. The van der Waals surface area contributed by atoms with Gasteiger partial charge in [0.2, 0.25) is 5.91 Å². The summed E-state index contributed by atoms with van der Waals surface area (Å²) in [6.45, 7) is 2.98. The maximum Gasteiger partial charge on any atom is 0.269 e. The lowest BCUT2D eigenvalue weighted by Crippen LogP contribution is -2.47. The summed E-state index contributed by atoms with van der Waals surface area (Å²) in [7, 11) is 0. The summed E-state index contributed by atoms with van der Waals surface area (Å²) < 4.78 is 0. The molecule has 1 heterocycles. The smallest absolute Gasteiger partial charge is 0.269 e. The van der Waals surface area contributed by atoms with Gasteiger partial charge < -0.3 is 4.90 Å². The van der Waals surface area contributed by atoms with Gasteiger partial charge in [-0.05, 0) is 5.56 Å². The molecule has 5 heteroatoms. The van der Waals surface area contributed by atoms with Crippen LogP contribution < -0.4 is 0 Å². The van der Waals surface area contributed by atoms with Crippen LogP contribution in [0, 0.1) is 10.1 Å². The van der Waals surface area contributed by atoms with Crippen molar-refractivity contribution in [2.24, 2.45) is 0 Å². The molecule has 5 nitrogen and oxygen atoms in total. The molecule has 2 rings (SSSR count). The normalized spacial score (nSPS) is 15.7. The van der Waals surface area contributed by atoms with Crippen molar-refractivity contribution < 1.29 is 9.72 Å². The van der Waals surface area contributed by atoms with Gasteiger partial charge in [0.25, 0.3) is 5.69 Å². The van der Waals surface area contributed by atoms with Gasteiger partial charge in [-0.25, -0.2) is 0 Å². The Balaban J connectivity index is 2.02. The van der Waals surface area contributed by atoms with Gasteiger partial charge in [-0.1, -0.05) is 12.1 Å². The van der Waals surface area contributed by atoms with E-state index in [1.807, 2.05) is 0 Å². The van der Waals surface area contributed by atoms with Crippen LogP contribution in [-0.2, 0) is 4.79 Å². The van der Waals surface area contributed by atoms with E-state index in [0.29, 0.717) is 19.0 Å². The zero-order chi connectivity index (χ0) is 11.7. The van der Waals surface area contributed by atoms with E-state index in [1.54, 1.807) is 24.0 Å². The van der Waals surface area contributed by atoms with Crippen LogP contribution in [0.3, 0.4) is 0 Å². The summed E-state index contributed by atoms with van der Waals surface area (Å²) in [6.07, 6.45) is 0. The monoisotopic (exact) mass is 220 g/mol. The first-order chi connectivity index (χ1) is 7.58. The van der Waals surface area contributed by atoms with Crippen molar-refractivity contribution in [1.82, 2.24) is 4.90 Å². The van der Waals surface area contributed by atoms with E-state index >= 15 is 0 Å². The summed E-state index contributed by atoms with van der Waals surface area (Å²) in [4.78, 5) is 22.8. The van der Waals surface area contributed by atoms with Gasteiger partial charge in [-0.3, -0.25) is 14.9 Å². The summed E-state index contributed by atoms with van der Waals surface area (Å²) in [5.41, 5.74) is 1.16. The minimum atomic E-state index is -0.410. The predicted octanol–water partition coefficient (Wildman–Crippen LogP) is 1.54. The summed E-state index contributed by atoms with van der Waals surface area (Å²) in [5.74, 6) is 0.405. The van der Waals surface area contributed by atoms with Crippen LogP contribution in [0.5, 0.6) is 0 Å². The fourth-order valence-electron chi connectivity index (χ4n) is 1.81. The second-order valence-electron chi connectivity index (χ2n) is 3.97. The summed E-state index contributed by atoms with van der Waals surface area (Å²) in [6, 6.07) is 6.54. The molecule has 84 valence electrons. The van der Waals surface area contributed by atoms with E-state index in [2.05, 4.69) is 0 Å². The first-order valence-electron chi connectivity index (χ1n) is 5.08. The molecule has 0 saturated carbocycles. The second-order valence-corrected chi connectivity index (χ2v) is 3.97. The van der Waals surface area contributed by atoms with Crippen molar-refractivity contribution in [3.8, 4) is 0 Å². The molecule has 1 aliphatic rings. The highest BCUT2D eigenvalue weighted by molar-refractivity contribution is 5.74. The highest BCUT2D eigenvalue weighted by Crippen LogP contribution is 2.28. The van der Waals surface area contributed by atoms with Crippen LogP contribution in [0.1, 0.15) is 18.4 Å². The first kappa shape index (κ1) is 10.6. The Kier molecular flexibility index (Phi) is 2.60. The summed E-state index contributed by atoms with van der Waals surface area (Å²) in [5, 5.41) is 10.5. The van der Waals surface area contributed by atoms with E-state index in [9.17, 15) is 14.9 Å². The standard InChI is InChI=1S/C11H12N2O3/c1-8(14)12-6-10(7-12)9-2-4-11(5-3-9)13(15)16/h2-5,10H,6-7H2,1H3. The molecule has 0 bridgehead atoms. The Hall–Kier alpha value is -1.91. The molecule has 1 aromatic rings. The Labute approximate surface area is 92.8 Å². The third kappa shape index (κ3) is 1.88. The van der Waals surface area contributed by atoms with E-state index < -0.39 is 4.92 Å². The molecular weight excluding hydrogens is 208 g/mol. The molecule has 1 fully saturated rings. The SMILES string of the molecule is CC(=O)N1CC(c2ccc([N+](=O)[O-])cc2)C1. The lowest BCUT2D eigenvalue weighted by Gasteiger charge is -2.38. The third-order valence-corrected chi connectivity index (χ3v) is 2.90. The lowest BCUT2D eigenvalue weighted by molar-refractivity contribution is -0.384. The molecule has 0 aromatic heterocycles. The van der Waals surface area contributed by atoms with Gasteiger partial charge in [-0.2, -0.15) is 0 Å². The van der Waals surface area contributed by atoms with Crippen LogP contribution in [0.2, 0.25) is 0 Å². The zero-order valence-electron chi connectivity index (χ0n) is 8.92. The number of rotatable bonds is 2. The van der Waals surface area contributed by atoms with Crippen molar-refractivity contribution >= 4 is 11.6 Å². The maximum atomic E-state index is 11.0. The number of hydrogen-bond donors (Lipinski definition) is 0. The Bertz CT molecular complexity index is 421. The number of amides is 1. The number of hydrogen-bond acceptors (Lipinski definition) is 3. The van der Waals surface area contributed by atoms with Gasteiger partial charge in [0, 0.05) is 38.1 Å². The maximum absolute atomic E-state index is 11.0. The summed E-state index contributed by atoms with van der Waals surface area (Å²) >= 11 is 0. The van der Waals surface area contributed by atoms with Gasteiger partial charge in [-0.15, -0.1) is 0 Å². The van der Waals surface area contributed by atoms with Crippen LogP contribution in [-0.4, -0.2) is 28.8 Å². The minimum absolute atomic E-state index is 0.0816. The average molecular weight is 220 g/mol. The third-order valence-electron chi connectivity index (χ3n) is 2.90. The number of carbonyl (C=O) groups excluding carboxylic acids is 1. The number of likely N-dealkylation sites (tertiary alicyclic amines) is 1. The van der Waals surface area contributed by atoms with Crippen molar-refractivity contribution in [3.63, 3.8) is 0 Å². The van der Waals surface area contributed by atoms with Crippen molar-refractivity contribution in [2.45, 2.75) is 12.8 Å². The zero-order valence-corrected chi connectivity index (χ0v) is 8.92. The van der Waals surface area contributed by atoms with Crippen molar-refractivity contribution in [2.75, 3.05) is 13.1 Å². The van der Waals surface area contributed by atoms with Gasteiger partial charge in [0.1, 0.15) is 0 Å². The Morgan fingerprint density at radius 2 is 1.94 bits per heavy atom. The second kappa shape index (κ2) is 3.92. The molecule has 1 aliphatic heterocycles. The van der Waals surface area contributed by atoms with Gasteiger partial charge in [0.05, 0.1) is 4.92 Å². The van der Waals surface area contributed by atoms with E-state index in [-0.39, 0.29) is 11.6 Å². The highest BCUT2D eigenvalue weighted by Gasteiger charge is 2.29. The van der Waals surface area contributed by atoms with Crippen LogP contribution in [0.25, 0.3) is 0 Å². The Morgan fingerprint density at radius 1 is 1.38 bits per heavy atom. The fourth-order valence-corrected chi connectivity index (χ4v) is 1.81. The molecule has 0 spiro atoms.